The maximum Gasteiger partial charge on any atom is 0.130 e. The van der Waals surface area contributed by atoms with Gasteiger partial charge in [0.15, 0.2) is 0 Å². The first-order valence-electron chi connectivity index (χ1n) is 8.61. The highest BCUT2D eigenvalue weighted by Crippen LogP contribution is 2.36. The van der Waals surface area contributed by atoms with Crippen molar-refractivity contribution in [3.8, 4) is 11.5 Å². The van der Waals surface area contributed by atoms with Crippen molar-refractivity contribution in [2.75, 3.05) is 18.5 Å². The van der Waals surface area contributed by atoms with Crippen LogP contribution in [0.25, 0.3) is 10.8 Å². The maximum atomic E-state index is 6.06. The minimum absolute atomic E-state index is 0.770. The summed E-state index contributed by atoms with van der Waals surface area (Å²) < 4.78 is 12.1. The number of hydrogen-bond acceptors (Lipinski definition) is 2. The molecule has 0 aromatic heterocycles. The van der Waals surface area contributed by atoms with Gasteiger partial charge in [-0.1, -0.05) is 53.5 Å². The number of fused-ring (bicyclic) bond motifs is 1. The van der Waals surface area contributed by atoms with E-state index in [1.807, 2.05) is 0 Å². The Bertz CT molecular complexity index is 610. The molecule has 2 nitrogen and oxygen atoms in total. The molecule has 0 fully saturated rings. The van der Waals surface area contributed by atoms with Gasteiger partial charge in [0.1, 0.15) is 11.5 Å². The van der Waals surface area contributed by atoms with E-state index in [2.05, 4.69) is 60.1 Å². The van der Waals surface area contributed by atoms with E-state index >= 15 is 0 Å². The number of unbranched alkanes of at least 4 members (excludes halogenated alkanes) is 3. The average Bonchev–Trinajstić information content (AvgIpc) is 2.57. The van der Waals surface area contributed by atoms with Gasteiger partial charge in [0.05, 0.1) is 13.2 Å². The van der Waals surface area contributed by atoms with Crippen LogP contribution in [0.5, 0.6) is 11.5 Å². The quantitative estimate of drug-likeness (QED) is 0.358. The van der Waals surface area contributed by atoms with Crippen LogP contribution in [-0.2, 0) is 0 Å². The van der Waals surface area contributed by atoms with Gasteiger partial charge in [0.25, 0.3) is 0 Å². The van der Waals surface area contributed by atoms with E-state index in [0.29, 0.717) is 0 Å². The molecule has 0 spiro atoms. The Balaban J connectivity index is 2.17. The summed E-state index contributed by atoms with van der Waals surface area (Å²) in [5, 5.41) is 3.36. The Kier molecular flexibility index (Phi) is 7.73. The van der Waals surface area contributed by atoms with Gasteiger partial charge in [-0.25, -0.2) is 0 Å². The molecular weight excluding hydrogens is 352 g/mol. The Labute approximate surface area is 148 Å². The summed E-state index contributed by atoms with van der Waals surface area (Å²) in [7, 11) is 0. The van der Waals surface area contributed by atoms with Crippen LogP contribution in [0.1, 0.15) is 44.6 Å². The van der Waals surface area contributed by atoms with Crippen LogP contribution in [0.15, 0.2) is 30.3 Å². The summed E-state index contributed by atoms with van der Waals surface area (Å²) in [5.74, 6) is 1.97. The van der Waals surface area contributed by atoms with Crippen LogP contribution in [0.2, 0.25) is 0 Å². The summed E-state index contributed by atoms with van der Waals surface area (Å²) in [5.41, 5.74) is 1.15. The molecule has 2 rings (SSSR count). The second kappa shape index (κ2) is 9.82. The molecule has 126 valence electrons. The van der Waals surface area contributed by atoms with Crippen molar-refractivity contribution in [2.24, 2.45) is 0 Å². The van der Waals surface area contributed by atoms with Crippen molar-refractivity contribution in [3.05, 3.63) is 35.9 Å². The molecule has 0 aliphatic heterocycles. The SMILES string of the molecule is CCCCOc1c(C)cc(OCCCCCBr)c2ccccc12. The number of halogens is 1. The minimum atomic E-state index is 0.770. The molecule has 0 aliphatic carbocycles. The molecule has 2 aromatic rings. The second-order valence-electron chi connectivity index (χ2n) is 5.87. The molecule has 0 saturated carbocycles. The molecule has 0 heterocycles. The largest absolute Gasteiger partial charge is 0.493 e. The first kappa shape index (κ1) is 18.1. The molecule has 0 amide bonds. The lowest BCUT2D eigenvalue weighted by atomic mass is 10.0. The lowest BCUT2D eigenvalue weighted by molar-refractivity contribution is 0.303. The van der Waals surface area contributed by atoms with Crippen LogP contribution < -0.4 is 9.47 Å². The number of alkyl halides is 1. The van der Waals surface area contributed by atoms with Crippen molar-refractivity contribution in [2.45, 2.75) is 46.0 Å². The second-order valence-corrected chi connectivity index (χ2v) is 6.66. The van der Waals surface area contributed by atoms with E-state index < -0.39 is 0 Å². The fraction of sp³-hybridized carbons (Fsp3) is 0.500. The van der Waals surface area contributed by atoms with Gasteiger partial charge in [-0.05, 0) is 44.2 Å². The van der Waals surface area contributed by atoms with Crippen LogP contribution in [0.3, 0.4) is 0 Å². The molecule has 0 radical (unpaired) electrons. The summed E-state index contributed by atoms with van der Waals surface area (Å²) in [4.78, 5) is 0. The molecular formula is C20H27BrO2. The van der Waals surface area contributed by atoms with E-state index in [-0.39, 0.29) is 0 Å². The monoisotopic (exact) mass is 378 g/mol. The maximum absolute atomic E-state index is 6.06. The standard InChI is InChI=1S/C20H27BrO2/c1-3-4-13-23-20-16(2)15-19(22-14-9-5-8-12-21)17-10-6-7-11-18(17)20/h6-7,10-11,15H,3-5,8-9,12-14H2,1-2H3. The van der Waals surface area contributed by atoms with E-state index in [9.17, 15) is 0 Å². The number of ether oxygens (including phenoxy) is 2. The molecule has 0 N–H and O–H groups in total. The third-order valence-corrected chi connectivity index (χ3v) is 4.48. The smallest absolute Gasteiger partial charge is 0.130 e. The molecule has 0 aliphatic rings. The number of hydrogen-bond donors (Lipinski definition) is 0. The van der Waals surface area contributed by atoms with Crippen molar-refractivity contribution < 1.29 is 9.47 Å². The topological polar surface area (TPSA) is 18.5 Å². The molecule has 2 aromatic carbocycles. The van der Waals surface area contributed by atoms with Crippen LogP contribution in [-0.4, -0.2) is 18.5 Å². The fourth-order valence-corrected chi connectivity index (χ4v) is 3.03. The third kappa shape index (κ3) is 5.13. The third-order valence-electron chi connectivity index (χ3n) is 3.92. The molecule has 23 heavy (non-hydrogen) atoms. The predicted molar refractivity (Wildman–Crippen MR) is 102 cm³/mol. The van der Waals surface area contributed by atoms with E-state index in [4.69, 9.17) is 9.47 Å². The van der Waals surface area contributed by atoms with E-state index in [1.54, 1.807) is 0 Å². The van der Waals surface area contributed by atoms with Crippen LogP contribution >= 0.6 is 15.9 Å². The zero-order valence-corrected chi connectivity index (χ0v) is 15.8. The van der Waals surface area contributed by atoms with Crippen LogP contribution in [0.4, 0.5) is 0 Å². The summed E-state index contributed by atoms with van der Waals surface area (Å²) >= 11 is 3.47. The van der Waals surface area contributed by atoms with Gasteiger partial charge >= 0.3 is 0 Å². The highest BCUT2D eigenvalue weighted by Gasteiger charge is 2.11. The van der Waals surface area contributed by atoms with Gasteiger partial charge in [-0.2, -0.15) is 0 Å². The number of rotatable bonds is 10. The molecule has 0 bridgehead atoms. The summed E-state index contributed by atoms with van der Waals surface area (Å²) in [6.07, 6.45) is 5.72. The van der Waals surface area contributed by atoms with Crippen molar-refractivity contribution >= 4 is 26.7 Å². The first-order valence-corrected chi connectivity index (χ1v) is 9.74. The van der Waals surface area contributed by atoms with Gasteiger partial charge in [0.2, 0.25) is 0 Å². The summed E-state index contributed by atoms with van der Waals surface area (Å²) in [6.45, 7) is 5.83. The molecule has 0 atom stereocenters. The zero-order chi connectivity index (χ0) is 16.5. The molecule has 0 saturated heterocycles. The van der Waals surface area contributed by atoms with Crippen molar-refractivity contribution in [3.63, 3.8) is 0 Å². The zero-order valence-electron chi connectivity index (χ0n) is 14.2. The Hall–Kier alpha value is -1.22. The van der Waals surface area contributed by atoms with Gasteiger partial charge in [-0.15, -0.1) is 0 Å². The predicted octanol–water partition coefficient (Wildman–Crippen LogP) is 6.27. The van der Waals surface area contributed by atoms with Gasteiger partial charge in [-0.3, -0.25) is 0 Å². The Morgan fingerprint density at radius 3 is 2.39 bits per heavy atom. The Morgan fingerprint density at radius 2 is 1.65 bits per heavy atom. The lowest BCUT2D eigenvalue weighted by Gasteiger charge is -2.16. The molecule has 0 unspecified atom stereocenters. The molecule has 3 heteroatoms. The normalized spacial score (nSPS) is 10.9. The highest BCUT2D eigenvalue weighted by atomic mass is 79.9. The minimum Gasteiger partial charge on any atom is -0.493 e. The lowest BCUT2D eigenvalue weighted by Crippen LogP contribution is -2.02. The van der Waals surface area contributed by atoms with E-state index in [0.717, 1.165) is 65.6 Å². The number of aryl methyl sites for hydroxylation is 1. The average molecular weight is 379 g/mol. The first-order chi connectivity index (χ1) is 11.3. The van der Waals surface area contributed by atoms with E-state index in [1.165, 1.54) is 12.8 Å². The van der Waals surface area contributed by atoms with Gasteiger partial charge in [0, 0.05) is 16.1 Å². The van der Waals surface area contributed by atoms with Gasteiger partial charge < -0.3 is 9.47 Å². The number of benzene rings is 2. The highest BCUT2D eigenvalue weighted by molar-refractivity contribution is 9.09. The fourth-order valence-electron chi connectivity index (χ4n) is 2.63. The van der Waals surface area contributed by atoms with Crippen molar-refractivity contribution in [1.82, 2.24) is 0 Å². The summed E-state index contributed by atoms with van der Waals surface area (Å²) in [6, 6.07) is 10.5. The Morgan fingerprint density at radius 1 is 0.913 bits per heavy atom. The van der Waals surface area contributed by atoms with Crippen LogP contribution in [0, 0.1) is 6.92 Å². The van der Waals surface area contributed by atoms with Crippen molar-refractivity contribution in [1.29, 1.82) is 0 Å².